The number of carbonyl (C=O) groups excluding carboxylic acids is 3. The Morgan fingerprint density at radius 2 is 1.73 bits per heavy atom. The highest BCUT2D eigenvalue weighted by atomic mass is 16.5. The van der Waals surface area contributed by atoms with E-state index >= 15 is 0 Å². The predicted octanol–water partition coefficient (Wildman–Crippen LogP) is 3.37. The molecule has 0 bridgehead atoms. The van der Waals surface area contributed by atoms with E-state index in [0.717, 1.165) is 0 Å². The Morgan fingerprint density at radius 1 is 1.00 bits per heavy atom. The second-order valence-corrected chi connectivity index (χ2v) is 7.58. The molecular formula is C25H24N2O6. The van der Waals surface area contributed by atoms with Crippen LogP contribution in [-0.2, 0) is 17.8 Å². The second kappa shape index (κ2) is 9.70. The molecule has 4 rings (SSSR count). The molecule has 3 amide bonds. The average molecular weight is 448 g/mol. The molecule has 2 heterocycles. The number of imide groups is 1. The molecule has 0 saturated heterocycles. The molecule has 1 aromatic heterocycles. The summed E-state index contributed by atoms with van der Waals surface area (Å²) in [5, 5.41) is 0. The summed E-state index contributed by atoms with van der Waals surface area (Å²) in [6.45, 7) is 1.01. The highest BCUT2D eigenvalue weighted by Crippen LogP contribution is 2.27. The summed E-state index contributed by atoms with van der Waals surface area (Å²) in [7, 11) is 3.06. The van der Waals surface area contributed by atoms with E-state index in [2.05, 4.69) is 0 Å². The first-order valence-electron chi connectivity index (χ1n) is 10.5. The van der Waals surface area contributed by atoms with Gasteiger partial charge in [0.15, 0.2) is 0 Å². The van der Waals surface area contributed by atoms with Crippen LogP contribution in [0.25, 0.3) is 0 Å². The van der Waals surface area contributed by atoms with Gasteiger partial charge in [-0.1, -0.05) is 18.2 Å². The van der Waals surface area contributed by atoms with Crippen LogP contribution >= 0.6 is 0 Å². The number of amides is 3. The van der Waals surface area contributed by atoms with E-state index in [1.165, 1.54) is 12.0 Å². The van der Waals surface area contributed by atoms with Gasteiger partial charge in [-0.3, -0.25) is 19.3 Å². The summed E-state index contributed by atoms with van der Waals surface area (Å²) in [4.78, 5) is 41.7. The number of rotatable bonds is 9. The molecule has 2 aromatic carbocycles. The van der Waals surface area contributed by atoms with Crippen LogP contribution in [0.2, 0.25) is 0 Å². The maximum absolute atomic E-state index is 13.5. The smallest absolute Gasteiger partial charge is 0.261 e. The first-order chi connectivity index (χ1) is 16.0. The minimum Gasteiger partial charge on any atom is -0.496 e. The van der Waals surface area contributed by atoms with Crippen LogP contribution in [-0.4, -0.2) is 54.9 Å². The van der Waals surface area contributed by atoms with Gasteiger partial charge < -0.3 is 18.8 Å². The fourth-order valence-corrected chi connectivity index (χ4v) is 3.80. The number of hydrogen-bond acceptors (Lipinski definition) is 6. The maximum Gasteiger partial charge on any atom is 0.261 e. The lowest BCUT2D eigenvalue weighted by Crippen LogP contribution is -2.34. The highest BCUT2D eigenvalue weighted by Gasteiger charge is 2.35. The molecule has 0 radical (unpaired) electrons. The van der Waals surface area contributed by atoms with Crippen LogP contribution in [0.4, 0.5) is 0 Å². The lowest BCUT2D eigenvalue weighted by molar-refractivity contribution is 0.0641. The third kappa shape index (κ3) is 4.51. The normalized spacial score (nSPS) is 12.7. The predicted molar refractivity (Wildman–Crippen MR) is 119 cm³/mol. The van der Waals surface area contributed by atoms with Crippen molar-refractivity contribution in [2.45, 2.75) is 13.1 Å². The van der Waals surface area contributed by atoms with E-state index in [4.69, 9.17) is 13.9 Å². The third-order valence-corrected chi connectivity index (χ3v) is 5.49. The molecule has 3 aromatic rings. The monoisotopic (exact) mass is 448 g/mol. The molecule has 8 heteroatoms. The Kier molecular flexibility index (Phi) is 6.55. The van der Waals surface area contributed by atoms with Crippen molar-refractivity contribution in [3.05, 3.63) is 88.9 Å². The fraction of sp³-hybridized carbons (Fsp3) is 0.240. The Morgan fingerprint density at radius 3 is 2.33 bits per heavy atom. The van der Waals surface area contributed by atoms with E-state index in [-0.39, 0.29) is 30.8 Å². The van der Waals surface area contributed by atoms with E-state index in [0.29, 0.717) is 46.9 Å². The average Bonchev–Trinajstić information content (AvgIpc) is 3.44. The van der Waals surface area contributed by atoms with Gasteiger partial charge in [0.25, 0.3) is 17.7 Å². The van der Waals surface area contributed by atoms with Gasteiger partial charge >= 0.3 is 0 Å². The minimum atomic E-state index is -0.348. The number of fused-ring (bicyclic) bond motifs is 1. The number of nitrogens with zero attached hydrogens (tertiary/aromatic N) is 2. The zero-order chi connectivity index (χ0) is 23.4. The lowest BCUT2D eigenvalue weighted by atomic mass is 10.1. The lowest BCUT2D eigenvalue weighted by Gasteiger charge is -2.23. The van der Waals surface area contributed by atoms with Crippen molar-refractivity contribution in [2.24, 2.45) is 0 Å². The van der Waals surface area contributed by atoms with Gasteiger partial charge in [0.1, 0.15) is 11.5 Å². The van der Waals surface area contributed by atoms with E-state index < -0.39 is 0 Å². The van der Waals surface area contributed by atoms with E-state index in [9.17, 15) is 14.4 Å². The summed E-state index contributed by atoms with van der Waals surface area (Å²) < 4.78 is 16.0. The van der Waals surface area contributed by atoms with Crippen molar-refractivity contribution in [3.63, 3.8) is 0 Å². The number of hydrogen-bond donors (Lipinski definition) is 0. The molecule has 0 N–H and O–H groups in total. The molecule has 1 aliphatic rings. The Labute approximate surface area is 191 Å². The molecule has 33 heavy (non-hydrogen) atoms. The standard InChI is InChI=1S/C25H24N2O6/c1-31-13-11-26(16-18-6-5-12-33-18)23(28)21-14-17(9-10-22(21)32-2)15-27-24(29)19-7-3-4-8-20(19)25(27)30/h3-10,12,14H,11,13,15-16H2,1-2H3. The molecule has 0 aliphatic carbocycles. The van der Waals surface area contributed by atoms with Crippen LogP contribution in [0.15, 0.2) is 65.3 Å². The maximum atomic E-state index is 13.5. The summed E-state index contributed by atoms with van der Waals surface area (Å²) in [6.07, 6.45) is 1.55. The first kappa shape index (κ1) is 22.3. The molecule has 0 atom stereocenters. The van der Waals surface area contributed by atoms with Crippen LogP contribution in [0, 0.1) is 0 Å². The van der Waals surface area contributed by atoms with Crippen molar-refractivity contribution in [2.75, 3.05) is 27.4 Å². The first-order valence-corrected chi connectivity index (χ1v) is 10.5. The van der Waals surface area contributed by atoms with Crippen LogP contribution in [0.5, 0.6) is 5.75 Å². The van der Waals surface area contributed by atoms with Gasteiger partial charge in [0, 0.05) is 13.7 Å². The van der Waals surface area contributed by atoms with Gasteiger partial charge in [0.2, 0.25) is 0 Å². The molecular weight excluding hydrogens is 424 g/mol. The van der Waals surface area contributed by atoms with Crippen LogP contribution in [0.1, 0.15) is 42.4 Å². The summed E-state index contributed by atoms with van der Waals surface area (Å²) >= 11 is 0. The quantitative estimate of drug-likeness (QED) is 0.467. The zero-order valence-corrected chi connectivity index (χ0v) is 18.4. The summed E-state index contributed by atoms with van der Waals surface area (Å²) in [5.74, 6) is 0.0655. The molecule has 1 aliphatic heterocycles. The minimum absolute atomic E-state index is 0.0485. The highest BCUT2D eigenvalue weighted by molar-refractivity contribution is 6.21. The van der Waals surface area contributed by atoms with Crippen molar-refractivity contribution < 1.29 is 28.3 Å². The van der Waals surface area contributed by atoms with E-state index in [1.807, 2.05) is 0 Å². The van der Waals surface area contributed by atoms with Crippen LogP contribution < -0.4 is 4.74 Å². The number of methoxy groups -OCH3 is 2. The number of furan rings is 1. The Hall–Kier alpha value is -3.91. The van der Waals surface area contributed by atoms with Crippen molar-refractivity contribution >= 4 is 17.7 Å². The summed E-state index contributed by atoms with van der Waals surface area (Å²) in [6, 6.07) is 15.4. The van der Waals surface area contributed by atoms with Gasteiger partial charge in [0.05, 0.1) is 49.8 Å². The van der Waals surface area contributed by atoms with Crippen molar-refractivity contribution in [1.29, 1.82) is 0 Å². The zero-order valence-electron chi connectivity index (χ0n) is 18.4. The molecule has 0 unspecified atom stereocenters. The van der Waals surface area contributed by atoms with Gasteiger partial charge in [-0.2, -0.15) is 0 Å². The van der Waals surface area contributed by atoms with Crippen molar-refractivity contribution in [3.8, 4) is 5.75 Å². The third-order valence-electron chi connectivity index (χ3n) is 5.49. The van der Waals surface area contributed by atoms with Gasteiger partial charge in [-0.05, 0) is 42.0 Å². The molecule has 0 saturated carbocycles. The largest absolute Gasteiger partial charge is 0.496 e. The van der Waals surface area contributed by atoms with Crippen LogP contribution in [0.3, 0.4) is 0 Å². The molecule has 0 fully saturated rings. The number of carbonyl (C=O) groups is 3. The Balaban J connectivity index is 1.60. The molecule has 170 valence electrons. The van der Waals surface area contributed by atoms with Gasteiger partial charge in [-0.15, -0.1) is 0 Å². The van der Waals surface area contributed by atoms with E-state index in [1.54, 1.807) is 72.9 Å². The molecule has 8 nitrogen and oxygen atoms in total. The fourth-order valence-electron chi connectivity index (χ4n) is 3.80. The Bertz CT molecular complexity index is 1140. The topological polar surface area (TPSA) is 89.3 Å². The summed E-state index contributed by atoms with van der Waals surface area (Å²) in [5.41, 5.74) is 1.74. The second-order valence-electron chi connectivity index (χ2n) is 7.58. The number of benzene rings is 2. The molecule has 0 spiro atoms. The SMILES string of the molecule is COCCN(Cc1ccco1)C(=O)c1cc(CN2C(=O)c3ccccc3C2=O)ccc1OC. The van der Waals surface area contributed by atoms with Gasteiger partial charge in [-0.25, -0.2) is 0 Å². The van der Waals surface area contributed by atoms with Crippen molar-refractivity contribution in [1.82, 2.24) is 9.80 Å². The number of ether oxygens (including phenoxy) is 2.